The Hall–Kier alpha value is -2.24. The van der Waals surface area contributed by atoms with E-state index in [9.17, 15) is 4.79 Å². The Morgan fingerprint density at radius 3 is 2.95 bits per heavy atom. The summed E-state index contributed by atoms with van der Waals surface area (Å²) in [6.45, 7) is 4.75. The summed E-state index contributed by atoms with van der Waals surface area (Å²) in [5.74, 6) is 0.337. The quantitative estimate of drug-likeness (QED) is 0.769. The topological polar surface area (TPSA) is 88.7 Å². The highest BCUT2D eigenvalue weighted by Crippen LogP contribution is 2.13. The summed E-state index contributed by atoms with van der Waals surface area (Å²) in [6, 6.07) is 3.52. The van der Waals surface area contributed by atoms with Gasteiger partial charge in [-0.2, -0.15) is 5.10 Å². The third-order valence-corrected chi connectivity index (χ3v) is 2.88. The van der Waals surface area contributed by atoms with E-state index < -0.39 is 0 Å². The van der Waals surface area contributed by atoms with E-state index in [1.807, 2.05) is 17.6 Å². The zero-order chi connectivity index (χ0) is 13.8. The van der Waals surface area contributed by atoms with E-state index >= 15 is 0 Å². The molecular weight excluding hydrogens is 242 g/mol. The number of hydrogen-bond donors (Lipinski definition) is 3. The molecule has 0 atom stereocenters. The van der Waals surface area contributed by atoms with Crippen LogP contribution in [0.15, 0.2) is 18.3 Å². The van der Waals surface area contributed by atoms with Crippen LogP contribution < -0.4 is 11.1 Å². The van der Waals surface area contributed by atoms with Crippen LogP contribution >= 0.6 is 0 Å². The lowest BCUT2D eigenvalue weighted by atomic mass is 10.2. The lowest BCUT2D eigenvalue weighted by Gasteiger charge is -2.05. The number of hydrogen-bond acceptors (Lipinski definition) is 3. The molecule has 0 aliphatic rings. The van der Waals surface area contributed by atoms with E-state index in [-0.39, 0.29) is 5.91 Å². The van der Waals surface area contributed by atoms with Gasteiger partial charge in [0, 0.05) is 24.5 Å². The summed E-state index contributed by atoms with van der Waals surface area (Å²) in [6.07, 6.45) is 3.70. The van der Waals surface area contributed by atoms with E-state index in [2.05, 4.69) is 22.4 Å². The number of aryl methyl sites for hydroxylation is 2. The van der Waals surface area contributed by atoms with Crippen LogP contribution in [0.3, 0.4) is 0 Å². The maximum absolute atomic E-state index is 12.1. The van der Waals surface area contributed by atoms with Crippen LogP contribution in [0.2, 0.25) is 0 Å². The first-order valence-electron chi connectivity index (χ1n) is 6.45. The van der Waals surface area contributed by atoms with Gasteiger partial charge in [-0.25, -0.2) is 0 Å². The van der Waals surface area contributed by atoms with E-state index in [1.165, 1.54) is 0 Å². The highest BCUT2D eigenvalue weighted by Gasteiger charge is 2.13. The summed E-state index contributed by atoms with van der Waals surface area (Å²) in [7, 11) is 0. The largest absolute Gasteiger partial charge is 0.397 e. The summed E-state index contributed by atoms with van der Waals surface area (Å²) in [5.41, 5.74) is 7.85. The van der Waals surface area contributed by atoms with Crippen LogP contribution in [0.25, 0.3) is 0 Å². The third-order valence-electron chi connectivity index (χ3n) is 2.88. The van der Waals surface area contributed by atoms with Crippen LogP contribution in [-0.2, 0) is 13.0 Å². The average molecular weight is 261 g/mol. The molecule has 2 rings (SSSR count). The molecule has 0 saturated carbocycles. The van der Waals surface area contributed by atoms with Gasteiger partial charge in [-0.3, -0.25) is 9.89 Å². The predicted molar refractivity (Wildman–Crippen MR) is 75.1 cm³/mol. The number of carbonyl (C=O) groups is 1. The molecule has 0 aromatic carbocycles. The molecule has 102 valence electrons. The van der Waals surface area contributed by atoms with Gasteiger partial charge in [0.05, 0.1) is 5.69 Å². The number of nitrogen functional groups attached to an aromatic ring is 1. The minimum Gasteiger partial charge on any atom is -0.397 e. The second-order valence-electron chi connectivity index (χ2n) is 4.43. The van der Waals surface area contributed by atoms with Gasteiger partial charge in [0.25, 0.3) is 5.91 Å². The lowest BCUT2D eigenvalue weighted by Crippen LogP contribution is -2.16. The van der Waals surface area contributed by atoms with Gasteiger partial charge in [-0.05, 0) is 19.4 Å². The molecule has 19 heavy (non-hydrogen) atoms. The van der Waals surface area contributed by atoms with Gasteiger partial charge in [0.2, 0.25) is 0 Å². The Morgan fingerprint density at radius 2 is 2.26 bits per heavy atom. The molecule has 6 heteroatoms. The number of carbonyl (C=O) groups excluding carboxylic acids is 1. The normalized spacial score (nSPS) is 10.6. The molecule has 2 heterocycles. The highest BCUT2D eigenvalue weighted by atomic mass is 16.2. The Bertz CT molecular complexity index is 569. The van der Waals surface area contributed by atoms with Gasteiger partial charge in [0.15, 0.2) is 5.82 Å². The molecule has 0 bridgehead atoms. The molecule has 0 aliphatic heterocycles. The SMILES string of the molecule is CCCc1cc(NC(=O)c2cc(N)cn2CC)n[nH]1. The van der Waals surface area contributed by atoms with Crippen LogP contribution in [0, 0.1) is 0 Å². The standard InChI is InChI=1S/C13H19N5O/c1-3-5-10-7-12(17-16-10)15-13(19)11-6-9(14)8-18(11)4-2/h6-8H,3-5,14H2,1-2H3,(H2,15,16,17,19). The molecule has 0 radical (unpaired) electrons. The number of aromatic nitrogens is 3. The second kappa shape index (κ2) is 5.60. The Morgan fingerprint density at radius 1 is 1.47 bits per heavy atom. The first-order chi connectivity index (χ1) is 9.13. The van der Waals surface area contributed by atoms with Crippen molar-refractivity contribution in [3.8, 4) is 0 Å². The van der Waals surface area contributed by atoms with Crippen molar-refractivity contribution in [2.24, 2.45) is 0 Å². The molecule has 2 aromatic rings. The maximum Gasteiger partial charge on any atom is 0.273 e. The number of anilines is 2. The first kappa shape index (κ1) is 13.2. The van der Waals surface area contributed by atoms with Crippen molar-refractivity contribution >= 4 is 17.4 Å². The van der Waals surface area contributed by atoms with Crippen LogP contribution in [-0.4, -0.2) is 20.7 Å². The molecule has 0 spiro atoms. The van der Waals surface area contributed by atoms with Gasteiger partial charge >= 0.3 is 0 Å². The van der Waals surface area contributed by atoms with Gasteiger partial charge in [0.1, 0.15) is 5.69 Å². The summed E-state index contributed by atoms with van der Waals surface area (Å²) >= 11 is 0. The Balaban J connectivity index is 2.11. The molecule has 2 aromatic heterocycles. The van der Waals surface area contributed by atoms with Crippen molar-refractivity contribution < 1.29 is 4.79 Å². The van der Waals surface area contributed by atoms with Crippen molar-refractivity contribution in [1.29, 1.82) is 0 Å². The third kappa shape index (κ3) is 2.96. The highest BCUT2D eigenvalue weighted by molar-refractivity contribution is 6.03. The van der Waals surface area contributed by atoms with E-state index in [0.717, 1.165) is 18.5 Å². The van der Waals surface area contributed by atoms with E-state index in [1.54, 1.807) is 12.3 Å². The van der Waals surface area contributed by atoms with Crippen molar-refractivity contribution in [3.05, 3.63) is 29.7 Å². The monoisotopic (exact) mass is 261 g/mol. The van der Waals surface area contributed by atoms with Gasteiger partial charge < -0.3 is 15.6 Å². The van der Waals surface area contributed by atoms with E-state index in [4.69, 9.17) is 5.73 Å². The molecular formula is C13H19N5O. The zero-order valence-electron chi connectivity index (χ0n) is 11.2. The van der Waals surface area contributed by atoms with Crippen LogP contribution in [0.1, 0.15) is 36.5 Å². The molecule has 6 nitrogen and oxygen atoms in total. The zero-order valence-corrected chi connectivity index (χ0v) is 11.2. The minimum absolute atomic E-state index is 0.201. The summed E-state index contributed by atoms with van der Waals surface area (Å²) in [5, 5.41) is 9.73. The fourth-order valence-corrected chi connectivity index (χ4v) is 1.99. The van der Waals surface area contributed by atoms with Crippen molar-refractivity contribution in [2.75, 3.05) is 11.1 Å². The average Bonchev–Trinajstić information content (AvgIpc) is 2.96. The second-order valence-corrected chi connectivity index (χ2v) is 4.43. The Labute approximate surface area is 112 Å². The summed E-state index contributed by atoms with van der Waals surface area (Å²) < 4.78 is 1.81. The number of amides is 1. The lowest BCUT2D eigenvalue weighted by molar-refractivity contribution is 0.101. The predicted octanol–water partition coefficient (Wildman–Crippen LogP) is 2.02. The molecule has 0 fully saturated rings. The number of nitrogens with two attached hydrogens (primary N) is 1. The molecule has 0 aliphatic carbocycles. The number of rotatable bonds is 5. The van der Waals surface area contributed by atoms with Crippen LogP contribution in [0.5, 0.6) is 0 Å². The minimum atomic E-state index is -0.201. The number of aromatic amines is 1. The van der Waals surface area contributed by atoms with Crippen LogP contribution in [0.4, 0.5) is 11.5 Å². The molecule has 0 unspecified atom stereocenters. The molecule has 1 amide bonds. The van der Waals surface area contributed by atoms with Gasteiger partial charge in [-0.15, -0.1) is 0 Å². The number of nitrogens with zero attached hydrogens (tertiary/aromatic N) is 2. The van der Waals surface area contributed by atoms with Crippen molar-refractivity contribution in [2.45, 2.75) is 33.2 Å². The van der Waals surface area contributed by atoms with E-state index in [0.29, 0.717) is 23.7 Å². The van der Waals surface area contributed by atoms with Crippen molar-refractivity contribution in [3.63, 3.8) is 0 Å². The first-order valence-corrected chi connectivity index (χ1v) is 6.45. The fourth-order valence-electron chi connectivity index (χ4n) is 1.99. The number of H-pyrrole nitrogens is 1. The molecule has 0 saturated heterocycles. The molecule has 4 N–H and O–H groups in total. The van der Waals surface area contributed by atoms with Gasteiger partial charge in [-0.1, -0.05) is 13.3 Å². The smallest absolute Gasteiger partial charge is 0.273 e. The maximum atomic E-state index is 12.1. The number of nitrogens with one attached hydrogen (secondary N) is 2. The summed E-state index contributed by atoms with van der Waals surface area (Å²) in [4.78, 5) is 12.1. The van der Waals surface area contributed by atoms with Crippen molar-refractivity contribution in [1.82, 2.24) is 14.8 Å². The fraction of sp³-hybridized carbons (Fsp3) is 0.385. The Kier molecular flexibility index (Phi) is 3.89.